The van der Waals surface area contributed by atoms with Crippen LogP contribution in [0.5, 0.6) is 0 Å². The Labute approximate surface area is 99.7 Å². The van der Waals surface area contributed by atoms with Gasteiger partial charge >= 0.3 is 13.4 Å². The van der Waals surface area contributed by atoms with Crippen molar-refractivity contribution < 1.29 is 29.4 Å². The Kier molecular flexibility index (Phi) is 16.4. The van der Waals surface area contributed by atoms with E-state index in [-0.39, 0.29) is 0 Å². The molecule has 0 aliphatic carbocycles. The molecule has 0 aromatic rings. The lowest BCUT2D eigenvalue weighted by Crippen LogP contribution is -1.65. The Morgan fingerprint density at radius 3 is 0.867 bits per heavy atom. The van der Waals surface area contributed by atoms with Gasteiger partial charge in [0.2, 0.25) is 0 Å². The smallest absolute Gasteiger partial charge is 0.319 e. The Morgan fingerprint density at radius 1 is 0.733 bits per heavy atom. The molecule has 0 aliphatic rings. The summed E-state index contributed by atoms with van der Waals surface area (Å²) in [6, 6.07) is 0. The van der Waals surface area contributed by atoms with Crippen molar-refractivity contribution in [2.24, 2.45) is 0 Å². The summed E-state index contributed by atoms with van der Waals surface area (Å²) in [5.41, 5.74) is 0. The lowest BCUT2D eigenvalue weighted by Gasteiger charge is -1.88. The fraction of sp³-hybridized carbons (Fsp3) is 1.00. The van der Waals surface area contributed by atoms with E-state index in [9.17, 15) is 0 Å². The first kappa shape index (κ1) is 21.4. The molecular formula is C5H18O6P2S2. The molecule has 6 N–H and O–H groups in total. The summed E-state index contributed by atoms with van der Waals surface area (Å²) in [7, 11) is 0. The molecule has 0 radical (unpaired) electrons. The van der Waals surface area contributed by atoms with Gasteiger partial charge in [-0.3, -0.25) is 0 Å². The van der Waals surface area contributed by atoms with Crippen LogP contribution >= 0.6 is 13.4 Å². The molecule has 0 amide bonds. The molecule has 0 atom stereocenters. The molecule has 0 saturated carbocycles. The van der Waals surface area contributed by atoms with Gasteiger partial charge in [-0.2, -0.15) is 0 Å². The van der Waals surface area contributed by atoms with E-state index in [1.54, 1.807) is 0 Å². The zero-order valence-corrected chi connectivity index (χ0v) is 11.9. The SMILES string of the molecule is CCCCC.OP(O)(O)=S.OP(O)(O)=S. The number of rotatable bonds is 2. The van der Waals surface area contributed by atoms with Crippen molar-refractivity contribution in [3.05, 3.63) is 0 Å². The van der Waals surface area contributed by atoms with Crippen LogP contribution in [-0.2, 0) is 23.6 Å². The highest BCUT2D eigenvalue weighted by Gasteiger charge is 1.92. The van der Waals surface area contributed by atoms with E-state index >= 15 is 0 Å². The lowest BCUT2D eigenvalue weighted by atomic mass is 10.3. The summed E-state index contributed by atoms with van der Waals surface area (Å²) in [5.74, 6) is 0. The van der Waals surface area contributed by atoms with Crippen molar-refractivity contribution in [2.75, 3.05) is 0 Å². The van der Waals surface area contributed by atoms with Gasteiger partial charge in [-0.05, 0) is 23.6 Å². The van der Waals surface area contributed by atoms with Crippen LogP contribution in [0.15, 0.2) is 0 Å². The maximum atomic E-state index is 7.56. The fourth-order valence-electron chi connectivity index (χ4n) is 0.354. The van der Waals surface area contributed by atoms with Crippen LogP contribution in [-0.4, -0.2) is 29.4 Å². The predicted molar refractivity (Wildman–Crippen MR) is 67.1 cm³/mol. The zero-order valence-electron chi connectivity index (χ0n) is 8.52. The summed E-state index contributed by atoms with van der Waals surface area (Å²) in [6.07, 6.45) is 4.08. The van der Waals surface area contributed by atoms with Gasteiger partial charge in [0.05, 0.1) is 0 Å². The van der Waals surface area contributed by atoms with Crippen LogP contribution in [0.4, 0.5) is 0 Å². The molecular weight excluding hydrogens is 282 g/mol. The number of hydrogen-bond acceptors (Lipinski definition) is 2. The second kappa shape index (κ2) is 11.5. The standard InChI is InChI=1S/C5H12.2H3O3PS/c1-3-5-4-2;2*1-4(2,3)5/h3-5H2,1-2H3;2*(H3,1,2,3,5). The monoisotopic (exact) mass is 300 g/mol. The molecule has 10 heteroatoms. The predicted octanol–water partition coefficient (Wildman–Crippen LogP) is 0.572. The molecule has 0 unspecified atom stereocenters. The minimum Gasteiger partial charge on any atom is -0.325 e. The second-order valence-corrected chi connectivity index (χ2v) is 7.37. The first-order chi connectivity index (χ1) is 6.41. The van der Waals surface area contributed by atoms with E-state index in [4.69, 9.17) is 29.4 Å². The van der Waals surface area contributed by atoms with Crippen LogP contribution in [0.3, 0.4) is 0 Å². The molecule has 6 nitrogen and oxygen atoms in total. The summed E-state index contributed by atoms with van der Waals surface area (Å²) in [6.45, 7) is -3.19. The van der Waals surface area contributed by atoms with Gasteiger partial charge in [-0.1, -0.05) is 33.1 Å². The lowest BCUT2D eigenvalue weighted by molar-refractivity contribution is 0.361. The highest BCUT2D eigenvalue weighted by Crippen LogP contribution is 2.26. The Morgan fingerprint density at radius 2 is 0.867 bits per heavy atom. The van der Waals surface area contributed by atoms with Crippen molar-refractivity contribution >= 4 is 37.1 Å². The van der Waals surface area contributed by atoms with Crippen molar-refractivity contribution in [3.63, 3.8) is 0 Å². The Balaban J connectivity index is -0.000000144. The van der Waals surface area contributed by atoms with E-state index in [1.807, 2.05) is 0 Å². The van der Waals surface area contributed by atoms with E-state index in [2.05, 4.69) is 37.5 Å². The Bertz CT molecular complexity index is 173. The third-order valence-corrected chi connectivity index (χ3v) is 0.707. The van der Waals surface area contributed by atoms with Gasteiger partial charge in [0, 0.05) is 0 Å². The first-order valence-electron chi connectivity index (χ1n) is 3.98. The highest BCUT2D eigenvalue weighted by molar-refractivity contribution is 8.06. The van der Waals surface area contributed by atoms with E-state index in [0.29, 0.717) is 0 Å². The topological polar surface area (TPSA) is 121 Å². The molecule has 0 heterocycles. The molecule has 0 aromatic carbocycles. The van der Waals surface area contributed by atoms with Crippen LogP contribution < -0.4 is 0 Å². The van der Waals surface area contributed by atoms with E-state index in [0.717, 1.165) is 0 Å². The highest BCUT2D eigenvalue weighted by atomic mass is 32.5. The summed E-state index contributed by atoms with van der Waals surface area (Å²) < 4.78 is 0. The summed E-state index contributed by atoms with van der Waals surface area (Å²) >= 11 is 7.21. The Hall–Kier alpha value is 1.06. The second-order valence-electron chi connectivity index (χ2n) is 2.38. The molecule has 0 fully saturated rings. The molecule has 0 bridgehead atoms. The summed E-state index contributed by atoms with van der Waals surface area (Å²) in [4.78, 5) is 45.3. The number of unbranched alkanes of at least 4 members (excludes halogenated alkanes) is 2. The van der Waals surface area contributed by atoms with Crippen molar-refractivity contribution in [2.45, 2.75) is 33.1 Å². The minimum absolute atomic E-state index is 1.34. The normalized spacial score (nSPS) is 10.7. The van der Waals surface area contributed by atoms with E-state index < -0.39 is 13.4 Å². The number of hydrogen-bond donors (Lipinski definition) is 6. The van der Waals surface area contributed by atoms with Gasteiger partial charge in [-0.15, -0.1) is 0 Å². The third kappa shape index (κ3) is 274. The van der Waals surface area contributed by atoms with Crippen LogP contribution in [0.25, 0.3) is 0 Å². The van der Waals surface area contributed by atoms with Crippen molar-refractivity contribution in [1.82, 2.24) is 0 Å². The van der Waals surface area contributed by atoms with Crippen molar-refractivity contribution in [3.8, 4) is 0 Å². The van der Waals surface area contributed by atoms with Gasteiger partial charge in [0.25, 0.3) is 0 Å². The van der Waals surface area contributed by atoms with Gasteiger partial charge in [0.15, 0.2) is 0 Å². The van der Waals surface area contributed by atoms with E-state index in [1.165, 1.54) is 19.3 Å². The van der Waals surface area contributed by atoms with Crippen LogP contribution in [0, 0.1) is 0 Å². The van der Waals surface area contributed by atoms with Crippen LogP contribution in [0.1, 0.15) is 33.1 Å². The van der Waals surface area contributed by atoms with Gasteiger partial charge < -0.3 is 29.4 Å². The maximum Gasteiger partial charge on any atom is 0.319 e. The average Bonchev–Trinajstić information content (AvgIpc) is 1.80. The van der Waals surface area contributed by atoms with Gasteiger partial charge in [-0.25, -0.2) is 0 Å². The first-order valence-corrected chi connectivity index (χ1v) is 9.30. The largest absolute Gasteiger partial charge is 0.325 e. The molecule has 0 saturated heterocycles. The average molecular weight is 300 g/mol. The maximum absolute atomic E-state index is 7.56. The molecule has 0 aliphatic heterocycles. The molecule has 0 rings (SSSR count). The van der Waals surface area contributed by atoms with Crippen molar-refractivity contribution in [1.29, 1.82) is 0 Å². The fourth-order valence-corrected chi connectivity index (χ4v) is 0.354. The molecule has 15 heavy (non-hydrogen) atoms. The minimum atomic E-state index is -3.81. The third-order valence-electron chi connectivity index (χ3n) is 0.707. The summed E-state index contributed by atoms with van der Waals surface area (Å²) in [5, 5.41) is 0. The zero-order chi connectivity index (χ0) is 13.1. The van der Waals surface area contributed by atoms with Crippen LogP contribution in [0.2, 0.25) is 0 Å². The van der Waals surface area contributed by atoms with Gasteiger partial charge in [0.1, 0.15) is 0 Å². The quantitative estimate of drug-likeness (QED) is 0.409. The molecule has 0 spiro atoms. The molecule has 0 aromatic heterocycles. The molecule has 96 valence electrons.